The third-order valence-corrected chi connectivity index (χ3v) is 2.15. The van der Waals surface area contributed by atoms with E-state index in [2.05, 4.69) is 0 Å². The number of rotatable bonds is 5. The second-order valence-electron chi connectivity index (χ2n) is 3.96. The Bertz CT molecular complexity index is 215. The van der Waals surface area contributed by atoms with Crippen molar-refractivity contribution in [3.05, 3.63) is 0 Å². The zero-order chi connectivity index (χ0) is 13.3. The maximum atomic E-state index is 11.5. The Balaban J connectivity index is 0. The minimum atomic E-state index is -0.0172. The van der Waals surface area contributed by atoms with Crippen molar-refractivity contribution in [1.82, 2.24) is 9.80 Å². The maximum Gasteiger partial charge on any atom is 0.236 e. The molecule has 0 radical (unpaired) electrons. The molecule has 1 amide bonds. The van der Waals surface area contributed by atoms with E-state index in [-0.39, 0.29) is 18.2 Å². The molecule has 0 saturated carbocycles. The summed E-state index contributed by atoms with van der Waals surface area (Å²) in [6.45, 7) is 10.1. The summed E-state index contributed by atoms with van der Waals surface area (Å²) in [5, 5.41) is 0. The fraction of sp³-hybridized carbons (Fsp3) is 0.833. The highest BCUT2D eigenvalue weighted by atomic mass is 16.2. The van der Waals surface area contributed by atoms with Gasteiger partial charge in [-0.3, -0.25) is 14.5 Å². The number of likely N-dealkylation sites (N-methyl/N-ethyl adjacent to an activating group) is 2. The lowest BCUT2D eigenvalue weighted by Crippen LogP contribution is -2.40. The van der Waals surface area contributed by atoms with Gasteiger partial charge < -0.3 is 4.90 Å². The fourth-order valence-corrected chi connectivity index (χ4v) is 0.939. The van der Waals surface area contributed by atoms with Crippen molar-refractivity contribution in [2.24, 2.45) is 0 Å². The van der Waals surface area contributed by atoms with Crippen LogP contribution < -0.4 is 0 Å². The topological polar surface area (TPSA) is 40.6 Å². The van der Waals surface area contributed by atoms with Gasteiger partial charge in [0.05, 0.1) is 13.1 Å². The van der Waals surface area contributed by atoms with Crippen LogP contribution in [0.4, 0.5) is 0 Å². The minimum Gasteiger partial charge on any atom is -0.337 e. The molecule has 96 valence electrons. The van der Waals surface area contributed by atoms with Crippen molar-refractivity contribution in [1.29, 1.82) is 0 Å². The maximum absolute atomic E-state index is 11.5. The van der Waals surface area contributed by atoms with Crippen molar-refractivity contribution in [3.63, 3.8) is 0 Å². The molecule has 0 spiro atoms. The third kappa shape index (κ3) is 8.41. The number of carbonyl (C=O) groups excluding carboxylic acids is 2. The Kier molecular flexibility index (Phi) is 10.2. The van der Waals surface area contributed by atoms with Gasteiger partial charge in [0.2, 0.25) is 5.91 Å². The van der Waals surface area contributed by atoms with Crippen LogP contribution in [0.3, 0.4) is 0 Å². The van der Waals surface area contributed by atoms with Gasteiger partial charge in [-0.15, -0.1) is 0 Å². The number of hydrogen-bond acceptors (Lipinski definition) is 3. The quantitative estimate of drug-likeness (QED) is 0.717. The van der Waals surface area contributed by atoms with E-state index >= 15 is 0 Å². The van der Waals surface area contributed by atoms with Gasteiger partial charge >= 0.3 is 0 Å². The van der Waals surface area contributed by atoms with Gasteiger partial charge in [-0.2, -0.15) is 0 Å². The zero-order valence-corrected chi connectivity index (χ0v) is 11.7. The summed E-state index contributed by atoms with van der Waals surface area (Å²) < 4.78 is 0. The molecule has 16 heavy (non-hydrogen) atoms. The molecule has 0 heterocycles. The predicted molar refractivity (Wildman–Crippen MR) is 67.4 cm³/mol. The van der Waals surface area contributed by atoms with Crippen LogP contribution in [0.15, 0.2) is 0 Å². The van der Waals surface area contributed by atoms with Crippen molar-refractivity contribution >= 4 is 11.7 Å². The van der Waals surface area contributed by atoms with Gasteiger partial charge in [0.25, 0.3) is 0 Å². The first-order chi connectivity index (χ1) is 7.34. The Morgan fingerprint density at radius 3 is 1.81 bits per heavy atom. The van der Waals surface area contributed by atoms with E-state index in [4.69, 9.17) is 0 Å². The molecule has 0 aromatic carbocycles. The first-order valence-corrected chi connectivity index (χ1v) is 5.78. The second kappa shape index (κ2) is 9.33. The number of Topliss-reactive ketones (excluding diaryl/α,β-unsaturated/α-hetero) is 1. The molecule has 4 nitrogen and oxygen atoms in total. The molecule has 0 unspecified atom stereocenters. The number of hydrogen-bond donors (Lipinski definition) is 0. The van der Waals surface area contributed by atoms with Gasteiger partial charge in [0.1, 0.15) is 5.78 Å². The highest BCUT2D eigenvalue weighted by Crippen LogP contribution is 1.95. The predicted octanol–water partition coefficient (Wildman–Crippen LogP) is 1.40. The van der Waals surface area contributed by atoms with Crippen LogP contribution in [0, 0.1) is 0 Å². The first kappa shape index (κ1) is 17.5. The summed E-state index contributed by atoms with van der Waals surface area (Å²) >= 11 is 0. The van der Waals surface area contributed by atoms with Gasteiger partial charge in [-0.05, 0) is 27.8 Å². The molecule has 0 fully saturated rings. The van der Waals surface area contributed by atoms with Crippen LogP contribution >= 0.6 is 0 Å². The van der Waals surface area contributed by atoms with E-state index in [9.17, 15) is 9.59 Å². The number of nitrogens with zero attached hydrogens (tertiary/aromatic N) is 2. The van der Waals surface area contributed by atoms with E-state index in [0.29, 0.717) is 12.6 Å². The van der Waals surface area contributed by atoms with Crippen LogP contribution in [0.25, 0.3) is 0 Å². The second-order valence-corrected chi connectivity index (χ2v) is 3.96. The smallest absolute Gasteiger partial charge is 0.236 e. The highest BCUT2D eigenvalue weighted by Gasteiger charge is 2.14. The largest absolute Gasteiger partial charge is 0.337 e. The van der Waals surface area contributed by atoms with Gasteiger partial charge in [0.15, 0.2) is 0 Å². The lowest BCUT2D eigenvalue weighted by Gasteiger charge is -2.23. The highest BCUT2D eigenvalue weighted by molar-refractivity contribution is 5.85. The summed E-state index contributed by atoms with van der Waals surface area (Å²) in [4.78, 5) is 25.7. The SMILES string of the molecule is CC.CC(=O)CN(C)C(=O)CN(C)C(C)C. The van der Waals surface area contributed by atoms with Crippen molar-refractivity contribution in [3.8, 4) is 0 Å². The van der Waals surface area contributed by atoms with Crippen LogP contribution in [-0.2, 0) is 9.59 Å². The van der Waals surface area contributed by atoms with Gasteiger partial charge in [-0.1, -0.05) is 13.8 Å². The molecule has 0 aliphatic heterocycles. The van der Waals surface area contributed by atoms with Gasteiger partial charge in [0, 0.05) is 13.1 Å². The Morgan fingerprint density at radius 2 is 1.50 bits per heavy atom. The zero-order valence-electron chi connectivity index (χ0n) is 11.7. The molecule has 0 aliphatic rings. The van der Waals surface area contributed by atoms with E-state index in [0.717, 1.165) is 0 Å². The Morgan fingerprint density at radius 1 is 1.06 bits per heavy atom. The average Bonchev–Trinajstić information content (AvgIpc) is 2.19. The summed E-state index contributed by atoms with van der Waals surface area (Å²) in [5.74, 6) is -0.00977. The minimum absolute atomic E-state index is 0.00745. The summed E-state index contributed by atoms with van der Waals surface area (Å²) in [6, 6.07) is 0.338. The third-order valence-electron chi connectivity index (χ3n) is 2.15. The van der Waals surface area contributed by atoms with Crippen LogP contribution in [-0.4, -0.2) is 54.7 Å². The van der Waals surface area contributed by atoms with E-state index < -0.39 is 0 Å². The van der Waals surface area contributed by atoms with Crippen molar-refractivity contribution < 1.29 is 9.59 Å². The fourth-order valence-electron chi connectivity index (χ4n) is 0.939. The number of carbonyl (C=O) groups is 2. The normalized spacial score (nSPS) is 9.81. The van der Waals surface area contributed by atoms with Crippen LogP contribution in [0.1, 0.15) is 34.6 Å². The summed E-state index contributed by atoms with van der Waals surface area (Å²) in [7, 11) is 3.54. The molecular formula is C12H26N2O2. The number of ketones is 1. The lowest BCUT2D eigenvalue weighted by atomic mass is 10.3. The van der Waals surface area contributed by atoms with E-state index in [1.165, 1.54) is 11.8 Å². The number of amides is 1. The van der Waals surface area contributed by atoms with Crippen molar-refractivity contribution in [2.45, 2.75) is 40.7 Å². The van der Waals surface area contributed by atoms with Crippen LogP contribution in [0.2, 0.25) is 0 Å². The lowest BCUT2D eigenvalue weighted by molar-refractivity contribution is -0.134. The molecule has 0 bridgehead atoms. The molecule has 0 atom stereocenters. The Hall–Kier alpha value is -0.900. The van der Waals surface area contributed by atoms with Crippen LogP contribution in [0.5, 0.6) is 0 Å². The van der Waals surface area contributed by atoms with E-state index in [1.807, 2.05) is 39.6 Å². The molecule has 0 aromatic rings. The molecule has 0 aliphatic carbocycles. The monoisotopic (exact) mass is 230 g/mol. The molecule has 0 N–H and O–H groups in total. The molecule has 4 heteroatoms. The molecule has 0 saturated heterocycles. The standard InChI is InChI=1S/C10H20N2O2.C2H6/c1-8(2)11(4)7-10(14)12(5)6-9(3)13;1-2/h8H,6-7H2,1-5H3;1-2H3. The summed E-state index contributed by atoms with van der Waals surface area (Å²) in [5.41, 5.74) is 0. The molecule has 0 aromatic heterocycles. The summed E-state index contributed by atoms with van der Waals surface area (Å²) in [6.07, 6.45) is 0. The molecular weight excluding hydrogens is 204 g/mol. The first-order valence-electron chi connectivity index (χ1n) is 5.78. The Labute approximate surface area is 99.6 Å². The van der Waals surface area contributed by atoms with Gasteiger partial charge in [-0.25, -0.2) is 0 Å². The van der Waals surface area contributed by atoms with E-state index in [1.54, 1.807) is 7.05 Å². The average molecular weight is 230 g/mol. The molecule has 0 rings (SSSR count). The van der Waals surface area contributed by atoms with Crippen molar-refractivity contribution in [2.75, 3.05) is 27.2 Å².